The van der Waals surface area contributed by atoms with Crippen molar-refractivity contribution in [1.82, 2.24) is 0 Å². The van der Waals surface area contributed by atoms with E-state index in [1.54, 1.807) is 0 Å². The van der Waals surface area contributed by atoms with E-state index in [0.717, 1.165) is 7.11 Å². The fraction of sp³-hybridized carbons (Fsp3) is 0.333. The second kappa shape index (κ2) is 3.66. The van der Waals surface area contributed by atoms with E-state index in [2.05, 4.69) is 4.74 Å². The molecular weight excluding hydrogens is 136 g/mol. The molecule has 0 radical (unpaired) electrons. The number of allylic oxidation sites excluding steroid dienone is 1. The minimum Gasteiger partial charge on any atom is -0.477 e. The number of carboxylic acids is 1. The molecule has 10 heavy (non-hydrogen) atoms. The van der Waals surface area contributed by atoms with Gasteiger partial charge in [0.2, 0.25) is 0 Å². The smallest absolute Gasteiger partial charge is 0.344 e. The number of esters is 1. The Hall–Kier alpha value is -1.32. The summed E-state index contributed by atoms with van der Waals surface area (Å²) in [5, 5.41) is 8.31. The van der Waals surface area contributed by atoms with Gasteiger partial charge in [-0.3, -0.25) is 0 Å². The van der Waals surface area contributed by atoms with Crippen molar-refractivity contribution in [2.24, 2.45) is 0 Å². The number of aliphatic carboxylic acids is 1. The first-order valence-corrected chi connectivity index (χ1v) is 2.61. The maximum absolute atomic E-state index is 10.5. The maximum Gasteiger partial charge on any atom is 0.344 e. The van der Waals surface area contributed by atoms with Crippen LogP contribution in [0.15, 0.2) is 11.6 Å². The zero-order valence-electron chi connectivity index (χ0n) is 5.75. The molecule has 4 heteroatoms. The molecule has 0 amide bonds. The van der Waals surface area contributed by atoms with Crippen LogP contribution in [0.5, 0.6) is 0 Å². The topological polar surface area (TPSA) is 63.6 Å². The molecular formula is C6H8O4. The average Bonchev–Trinajstić information content (AvgIpc) is 1.88. The molecule has 0 atom stereocenters. The number of rotatable bonds is 2. The van der Waals surface area contributed by atoms with Gasteiger partial charge in [-0.05, 0) is 6.92 Å². The van der Waals surface area contributed by atoms with Gasteiger partial charge < -0.3 is 9.84 Å². The Bertz CT molecular complexity index is 180. The van der Waals surface area contributed by atoms with Crippen LogP contribution >= 0.6 is 0 Å². The summed E-state index contributed by atoms with van der Waals surface area (Å²) in [6.45, 7) is 1.46. The number of hydrogen-bond acceptors (Lipinski definition) is 3. The number of methoxy groups -OCH3 is 1. The predicted molar refractivity (Wildman–Crippen MR) is 33.4 cm³/mol. The lowest BCUT2D eigenvalue weighted by molar-refractivity contribution is -0.142. The van der Waals surface area contributed by atoms with Crippen LogP contribution in [-0.4, -0.2) is 24.2 Å². The summed E-state index contributed by atoms with van der Waals surface area (Å²) >= 11 is 0. The van der Waals surface area contributed by atoms with E-state index in [1.165, 1.54) is 13.0 Å². The molecule has 0 fully saturated rings. The molecule has 0 aromatic heterocycles. The Morgan fingerprint density at radius 3 is 2.10 bits per heavy atom. The molecule has 0 aliphatic carbocycles. The highest BCUT2D eigenvalue weighted by Crippen LogP contribution is 1.95. The Morgan fingerprint density at radius 1 is 1.50 bits per heavy atom. The molecule has 0 saturated heterocycles. The van der Waals surface area contributed by atoms with Crippen LogP contribution in [0.2, 0.25) is 0 Å². The SMILES string of the molecule is C/C=C(/C(=O)O)C(=O)OC. The van der Waals surface area contributed by atoms with Crippen LogP contribution in [0.1, 0.15) is 6.92 Å². The molecule has 0 saturated carbocycles. The number of carbonyl (C=O) groups is 2. The van der Waals surface area contributed by atoms with Crippen molar-refractivity contribution in [3.05, 3.63) is 11.6 Å². The van der Waals surface area contributed by atoms with Crippen molar-refractivity contribution in [2.75, 3.05) is 7.11 Å². The fourth-order valence-electron chi connectivity index (χ4n) is 0.439. The second-order valence-corrected chi connectivity index (χ2v) is 1.50. The van der Waals surface area contributed by atoms with Gasteiger partial charge in [-0.15, -0.1) is 0 Å². The van der Waals surface area contributed by atoms with Crippen LogP contribution < -0.4 is 0 Å². The molecule has 0 unspecified atom stereocenters. The second-order valence-electron chi connectivity index (χ2n) is 1.50. The van der Waals surface area contributed by atoms with Crippen LogP contribution in [0.3, 0.4) is 0 Å². The zero-order chi connectivity index (χ0) is 8.15. The van der Waals surface area contributed by atoms with Gasteiger partial charge in [-0.25, -0.2) is 9.59 Å². The lowest BCUT2D eigenvalue weighted by Crippen LogP contribution is -2.13. The number of hydrogen-bond donors (Lipinski definition) is 1. The van der Waals surface area contributed by atoms with Gasteiger partial charge in [-0.1, -0.05) is 6.08 Å². The van der Waals surface area contributed by atoms with Crippen molar-refractivity contribution in [1.29, 1.82) is 0 Å². The Kier molecular flexibility index (Phi) is 3.17. The van der Waals surface area contributed by atoms with Crippen molar-refractivity contribution in [3.63, 3.8) is 0 Å². The van der Waals surface area contributed by atoms with Gasteiger partial charge in [0.05, 0.1) is 7.11 Å². The molecule has 4 nitrogen and oxygen atoms in total. The fourth-order valence-corrected chi connectivity index (χ4v) is 0.439. The molecule has 0 aromatic carbocycles. The van der Waals surface area contributed by atoms with Crippen molar-refractivity contribution in [3.8, 4) is 0 Å². The van der Waals surface area contributed by atoms with Gasteiger partial charge in [0.25, 0.3) is 0 Å². The van der Waals surface area contributed by atoms with Gasteiger partial charge in [0.15, 0.2) is 0 Å². The molecule has 1 N–H and O–H groups in total. The minimum atomic E-state index is -1.27. The molecule has 0 aromatic rings. The summed E-state index contributed by atoms with van der Waals surface area (Å²) < 4.78 is 4.18. The molecule has 0 rings (SSSR count). The summed E-state index contributed by atoms with van der Waals surface area (Å²) in [7, 11) is 1.13. The van der Waals surface area contributed by atoms with E-state index >= 15 is 0 Å². The maximum atomic E-state index is 10.5. The van der Waals surface area contributed by atoms with Crippen LogP contribution in [0, 0.1) is 0 Å². The molecule has 0 aliphatic rings. The largest absolute Gasteiger partial charge is 0.477 e. The van der Waals surface area contributed by atoms with Crippen molar-refractivity contribution in [2.45, 2.75) is 6.92 Å². The Labute approximate surface area is 58.1 Å². The lowest BCUT2D eigenvalue weighted by atomic mass is 10.3. The molecule has 0 aliphatic heterocycles. The molecule has 0 heterocycles. The molecule has 0 spiro atoms. The van der Waals surface area contributed by atoms with E-state index in [1.807, 2.05) is 0 Å². The third kappa shape index (κ3) is 1.89. The molecule has 56 valence electrons. The summed E-state index contributed by atoms with van der Waals surface area (Å²) in [6.07, 6.45) is 1.19. The Morgan fingerprint density at radius 2 is 2.00 bits per heavy atom. The lowest BCUT2D eigenvalue weighted by Gasteiger charge is -1.96. The van der Waals surface area contributed by atoms with Crippen molar-refractivity contribution < 1.29 is 19.4 Å². The van der Waals surface area contributed by atoms with E-state index < -0.39 is 11.9 Å². The number of carbonyl (C=O) groups excluding carboxylic acids is 1. The van der Waals surface area contributed by atoms with Crippen LogP contribution in [0.4, 0.5) is 0 Å². The Balaban J connectivity index is 4.39. The first kappa shape index (κ1) is 8.68. The third-order valence-corrected chi connectivity index (χ3v) is 0.924. The van der Waals surface area contributed by atoms with Crippen LogP contribution in [0.25, 0.3) is 0 Å². The van der Waals surface area contributed by atoms with Gasteiger partial charge >= 0.3 is 11.9 Å². The summed E-state index contributed by atoms with van der Waals surface area (Å²) in [6, 6.07) is 0. The number of carboxylic acid groups (broad SMARTS) is 1. The summed E-state index contributed by atoms with van der Waals surface area (Å²) in [5.74, 6) is -2.09. The monoisotopic (exact) mass is 144 g/mol. The minimum absolute atomic E-state index is 0.345. The zero-order valence-corrected chi connectivity index (χ0v) is 5.75. The molecule has 0 bridgehead atoms. The van der Waals surface area contributed by atoms with Gasteiger partial charge in [0, 0.05) is 0 Å². The number of ether oxygens (including phenoxy) is 1. The highest BCUT2D eigenvalue weighted by atomic mass is 16.5. The van der Waals surface area contributed by atoms with Crippen molar-refractivity contribution >= 4 is 11.9 Å². The van der Waals surface area contributed by atoms with E-state index in [9.17, 15) is 9.59 Å². The van der Waals surface area contributed by atoms with Gasteiger partial charge in [-0.2, -0.15) is 0 Å². The standard InChI is InChI=1S/C6H8O4/c1-3-4(5(7)8)6(9)10-2/h3H,1-2H3,(H,7,8)/b4-3-. The van der Waals surface area contributed by atoms with E-state index in [0.29, 0.717) is 0 Å². The highest BCUT2D eigenvalue weighted by molar-refractivity contribution is 6.13. The van der Waals surface area contributed by atoms with E-state index in [-0.39, 0.29) is 5.57 Å². The normalized spacial score (nSPS) is 10.8. The predicted octanol–water partition coefficient (Wildman–Crippen LogP) is 0.190. The third-order valence-electron chi connectivity index (χ3n) is 0.924. The van der Waals surface area contributed by atoms with Crippen LogP contribution in [-0.2, 0) is 14.3 Å². The van der Waals surface area contributed by atoms with E-state index in [4.69, 9.17) is 5.11 Å². The first-order valence-electron chi connectivity index (χ1n) is 2.61. The first-order chi connectivity index (χ1) is 4.63. The average molecular weight is 144 g/mol. The quantitative estimate of drug-likeness (QED) is 0.260. The summed E-state index contributed by atoms with van der Waals surface area (Å²) in [4.78, 5) is 20.7. The highest BCUT2D eigenvalue weighted by Gasteiger charge is 2.15. The summed E-state index contributed by atoms with van der Waals surface area (Å²) in [5.41, 5.74) is -0.345. The van der Waals surface area contributed by atoms with Gasteiger partial charge in [0.1, 0.15) is 5.57 Å².